The molecular formula is C11H10ClFN4O. The lowest BCUT2D eigenvalue weighted by molar-refractivity contribution is 0.00484. The first-order valence-electron chi connectivity index (χ1n) is 5.56. The van der Waals surface area contributed by atoms with Crippen molar-refractivity contribution in [2.45, 2.75) is 25.7 Å². The lowest BCUT2D eigenvalue weighted by atomic mass is 10.3. The summed E-state index contributed by atoms with van der Waals surface area (Å²) in [5.74, 6) is -0.337. The van der Waals surface area contributed by atoms with Gasteiger partial charge in [0.1, 0.15) is 17.7 Å². The van der Waals surface area contributed by atoms with Crippen LogP contribution in [0.5, 0.6) is 0 Å². The van der Waals surface area contributed by atoms with E-state index in [1.165, 1.54) is 23.3 Å². The molecule has 0 saturated carbocycles. The maximum Gasteiger partial charge on any atom is 0.189 e. The Balaban J connectivity index is 2.06. The molecule has 0 radical (unpaired) electrons. The topological polar surface area (TPSA) is 52.8 Å². The van der Waals surface area contributed by atoms with Crippen LogP contribution >= 0.6 is 11.6 Å². The third kappa shape index (κ3) is 1.69. The maximum atomic E-state index is 13.8. The fraction of sp³-hybridized carbons (Fsp3) is 0.364. The zero-order valence-corrected chi connectivity index (χ0v) is 10.3. The molecule has 0 saturated heterocycles. The molecule has 0 aromatic carbocycles. The van der Waals surface area contributed by atoms with E-state index in [9.17, 15) is 4.39 Å². The van der Waals surface area contributed by atoms with Gasteiger partial charge < -0.3 is 4.74 Å². The van der Waals surface area contributed by atoms with Crippen LogP contribution in [0.3, 0.4) is 0 Å². The van der Waals surface area contributed by atoms with Crippen LogP contribution in [0.15, 0.2) is 24.6 Å². The number of aromatic nitrogens is 4. The Morgan fingerprint density at radius 2 is 2.28 bits per heavy atom. The van der Waals surface area contributed by atoms with Gasteiger partial charge in [-0.05, 0) is 12.5 Å². The molecule has 0 amide bonds. The van der Waals surface area contributed by atoms with Gasteiger partial charge in [-0.25, -0.2) is 19.3 Å². The van der Waals surface area contributed by atoms with Crippen molar-refractivity contribution in [1.82, 2.24) is 19.5 Å². The van der Waals surface area contributed by atoms with E-state index in [1.807, 2.05) is 6.92 Å². The summed E-state index contributed by atoms with van der Waals surface area (Å²) >= 11 is 5.89. The Labute approximate surface area is 107 Å². The summed E-state index contributed by atoms with van der Waals surface area (Å²) < 4.78 is 20.9. The smallest absolute Gasteiger partial charge is 0.189 e. The third-order valence-corrected chi connectivity index (χ3v) is 3.13. The normalized spacial score (nSPS) is 23.6. The summed E-state index contributed by atoms with van der Waals surface area (Å²) in [5, 5.41) is 0.244. The fourth-order valence-electron chi connectivity index (χ4n) is 1.94. The number of rotatable bonds is 2. The van der Waals surface area contributed by atoms with Gasteiger partial charge in [-0.15, -0.1) is 0 Å². The second-order valence-electron chi connectivity index (χ2n) is 3.98. The summed E-state index contributed by atoms with van der Waals surface area (Å²) in [7, 11) is 0. The Morgan fingerprint density at radius 1 is 1.44 bits per heavy atom. The molecule has 0 spiro atoms. The SMILES string of the molecule is CCC1C=C(F)C(n2cnc3c(Cl)ncnc32)O1. The van der Waals surface area contributed by atoms with Crippen LogP contribution in [0, 0.1) is 0 Å². The fourth-order valence-corrected chi connectivity index (χ4v) is 2.11. The van der Waals surface area contributed by atoms with Crippen molar-refractivity contribution in [2.75, 3.05) is 0 Å². The number of halogens is 2. The first-order chi connectivity index (χ1) is 8.70. The predicted octanol–water partition coefficient (Wildman–Crippen LogP) is 2.64. The standard InChI is InChI=1S/C11H10ClFN4O/c1-2-6-3-7(13)11(18-6)17-5-16-8-9(12)14-4-15-10(8)17/h3-6,11H,2H2,1H3. The van der Waals surface area contributed by atoms with Crippen LogP contribution in [0.4, 0.5) is 4.39 Å². The summed E-state index contributed by atoms with van der Waals surface area (Å²) in [5.41, 5.74) is 0.899. The maximum absolute atomic E-state index is 13.8. The van der Waals surface area contributed by atoms with Crippen LogP contribution < -0.4 is 0 Å². The highest BCUT2D eigenvalue weighted by molar-refractivity contribution is 6.33. The van der Waals surface area contributed by atoms with Gasteiger partial charge in [-0.3, -0.25) is 4.57 Å². The molecular weight excluding hydrogens is 259 g/mol. The molecule has 7 heteroatoms. The number of imidazole rings is 1. The predicted molar refractivity (Wildman–Crippen MR) is 63.7 cm³/mol. The van der Waals surface area contributed by atoms with E-state index in [1.54, 1.807) is 0 Å². The number of ether oxygens (including phenoxy) is 1. The van der Waals surface area contributed by atoms with Gasteiger partial charge >= 0.3 is 0 Å². The lowest BCUT2D eigenvalue weighted by Crippen LogP contribution is -2.12. The minimum atomic E-state index is -0.814. The van der Waals surface area contributed by atoms with E-state index in [0.29, 0.717) is 17.6 Å². The highest BCUT2D eigenvalue weighted by Crippen LogP contribution is 2.33. The van der Waals surface area contributed by atoms with E-state index in [0.717, 1.165) is 0 Å². The zero-order valence-electron chi connectivity index (χ0n) is 9.55. The largest absolute Gasteiger partial charge is 0.344 e. The van der Waals surface area contributed by atoms with Gasteiger partial charge in [0.15, 0.2) is 17.0 Å². The van der Waals surface area contributed by atoms with Crippen molar-refractivity contribution in [1.29, 1.82) is 0 Å². The van der Waals surface area contributed by atoms with Gasteiger partial charge in [0, 0.05) is 0 Å². The summed E-state index contributed by atoms with van der Waals surface area (Å²) in [6.07, 6.45) is 3.93. The van der Waals surface area contributed by atoms with Crippen molar-refractivity contribution in [3.05, 3.63) is 29.7 Å². The quantitative estimate of drug-likeness (QED) is 0.786. The number of hydrogen-bond donors (Lipinski definition) is 0. The third-order valence-electron chi connectivity index (χ3n) is 2.85. The number of nitrogens with zero attached hydrogens (tertiary/aromatic N) is 4. The van der Waals surface area contributed by atoms with E-state index in [-0.39, 0.29) is 17.1 Å². The summed E-state index contributed by atoms with van der Waals surface area (Å²) in [6.45, 7) is 1.93. The van der Waals surface area contributed by atoms with Crippen molar-refractivity contribution in [2.24, 2.45) is 0 Å². The van der Waals surface area contributed by atoms with Crippen molar-refractivity contribution in [3.8, 4) is 0 Å². The molecule has 1 aliphatic rings. The molecule has 3 heterocycles. The van der Waals surface area contributed by atoms with Gasteiger partial charge in [0.2, 0.25) is 0 Å². The number of hydrogen-bond acceptors (Lipinski definition) is 4. The minimum Gasteiger partial charge on any atom is -0.344 e. The molecule has 18 heavy (non-hydrogen) atoms. The van der Waals surface area contributed by atoms with Crippen LogP contribution in [-0.2, 0) is 4.74 Å². The molecule has 94 valence electrons. The number of fused-ring (bicyclic) bond motifs is 1. The van der Waals surface area contributed by atoms with Crippen LogP contribution in [0.2, 0.25) is 5.15 Å². The molecule has 0 bridgehead atoms. The molecule has 1 aliphatic heterocycles. The van der Waals surface area contributed by atoms with Crippen LogP contribution in [-0.4, -0.2) is 25.6 Å². The second-order valence-corrected chi connectivity index (χ2v) is 4.33. The second kappa shape index (κ2) is 4.29. The van der Waals surface area contributed by atoms with Crippen LogP contribution in [0.25, 0.3) is 11.2 Å². The first-order valence-corrected chi connectivity index (χ1v) is 5.94. The van der Waals surface area contributed by atoms with Gasteiger partial charge in [0.25, 0.3) is 0 Å². The van der Waals surface area contributed by atoms with Crippen molar-refractivity contribution < 1.29 is 9.13 Å². The Kier molecular flexibility index (Phi) is 2.76. The molecule has 0 N–H and O–H groups in total. The molecule has 2 aromatic rings. The molecule has 2 atom stereocenters. The van der Waals surface area contributed by atoms with Gasteiger partial charge in [0.05, 0.1) is 12.4 Å². The van der Waals surface area contributed by atoms with Gasteiger partial charge in [-0.2, -0.15) is 0 Å². The Bertz CT molecular complexity index is 627. The molecule has 2 aromatic heterocycles. The van der Waals surface area contributed by atoms with E-state index in [2.05, 4.69) is 15.0 Å². The van der Waals surface area contributed by atoms with Crippen molar-refractivity contribution >= 4 is 22.8 Å². The highest BCUT2D eigenvalue weighted by atomic mass is 35.5. The average molecular weight is 269 g/mol. The van der Waals surface area contributed by atoms with Gasteiger partial charge in [-0.1, -0.05) is 18.5 Å². The lowest BCUT2D eigenvalue weighted by Gasteiger charge is -2.14. The minimum absolute atomic E-state index is 0.218. The summed E-state index contributed by atoms with van der Waals surface area (Å²) in [6, 6.07) is 0. The average Bonchev–Trinajstić information content (AvgIpc) is 2.93. The molecule has 2 unspecified atom stereocenters. The Morgan fingerprint density at radius 3 is 3.00 bits per heavy atom. The summed E-state index contributed by atoms with van der Waals surface area (Å²) in [4.78, 5) is 12.0. The van der Waals surface area contributed by atoms with E-state index >= 15 is 0 Å². The first kappa shape index (κ1) is 11.6. The van der Waals surface area contributed by atoms with E-state index in [4.69, 9.17) is 16.3 Å². The van der Waals surface area contributed by atoms with Crippen molar-refractivity contribution in [3.63, 3.8) is 0 Å². The molecule has 5 nitrogen and oxygen atoms in total. The van der Waals surface area contributed by atoms with E-state index < -0.39 is 6.23 Å². The molecule has 0 fully saturated rings. The Hall–Kier alpha value is -1.53. The monoisotopic (exact) mass is 268 g/mol. The molecule has 0 aliphatic carbocycles. The van der Waals surface area contributed by atoms with Crippen LogP contribution in [0.1, 0.15) is 19.6 Å². The highest BCUT2D eigenvalue weighted by Gasteiger charge is 2.29. The molecule has 3 rings (SSSR count). The zero-order chi connectivity index (χ0) is 12.7.